The van der Waals surface area contributed by atoms with Crippen LogP contribution >= 0.6 is 11.8 Å². The predicted octanol–water partition coefficient (Wildman–Crippen LogP) is 4.17. The van der Waals surface area contributed by atoms with Gasteiger partial charge >= 0.3 is 0 Å². The van der Waals surface area contributed by atoms with Crippen LogP contribution in [0, 0.1) is 5.82 Å². The molecule has 0 fully saturated rings. The van der Waals surface area contributed by atoms with E-state index >= 15 is 0 Å². The second kappa shape index (κ2) is 6.24. The number of halogens is 1. The normalized spacial score (nSPS) is 12.5. The third-order valence-electron chi connectivity index (χ3n) is 3.37. The summed E-state index contributed by atoms with van der Waals surface area (Å²) in [5, 5.41) is 2.18. The van der Waals surface area contributed by atoms with Crippen molar-refractivity contribution in [3.63, 3.8) is 0 Å². The van der Waals surface area contributed by atoms with Crippen LogP contribution in [-0.2, 0) is 0 Å². The van der Waals surface area contributed by atoms with Gasteiger partial charge in [0.25, 0.3) is 0 Å². The second-order valence-electron chi connectivity index (χ2n) is 4.79. The van der Waals surface area contributed by atoms with Gasteiger partial charge in [-0.2, -0.15) is 0 Å². The van der Waals surface area contributed by atoms with Crippen LogP contribution in [0.2, 0.25) is 0 Å². The van der Waals surface area contributed by atoms with E-state index < -0.39 is 0 Å². The summed E-state index contributed by atoms with van der Waals surface area (Å²) >= 11 is 1.44. The van der Waals surface area contributed by atoms with E-state index in [1.807, 2.05) is 36.5 Å². The number of aromatic nitrogens is 1. The Morgan fingerprint density at radius 1 is 1.10 bits per heavy atom. The lowest BCUT2D eigenvalue weighted by molar-refractivity contribution is 0.602. The molecule has 0 aliphatic rings. The smallest absolute Gasteiger partial charge is 0.136 e. The Bertz CT molecular complexity index is 755. The standard InChI is InChI=1S/C17H15FN2S/c18-15-6-1-2-7-17(15)21-11-16(19)14-5-3-4-12-10-20-9-8-13(12)14/h1-10,16H,11,19H2. The quantitative estimate of drug-likeness (QED) is 0.735. The van der Waals surface area contributed by atoms with Crippen LogP contribution in [-0.4, -0.2) is 10.7 Å². The minimum Gasteiger partial charge on any atom is -0.323 e. The van der Waals surface area contributed by atoms with E-state index in [2.05, 4.69) is 4.98 Å². The van der Waals surface area contributed by atoms with Gasteiger partial charge in [-0.25, -0.2) is 4.39 Å². The van der Waals surface area contributed by atoms with Gasteiger partial charge in [0.15, 0.2) is 0 Å². The van der Waals surface area contributed by atoms with Crippen molar-refractivity contribution in [2.75, 3.05) is 5.75 Å². The van der Waals surface area contributed by atoms with Crippen molar-refractivity contribution < 1.29 is 4.39 Å². The van der Waals surface area contributed by atoms with Crippen LogP contribution in [0.5, 0.6) is 0 Å². The largest absolute Gasteiger partial charge is 0.323 e. The molecule has 2 nitrogen and oxygen atoms in total. The number of hydrogen-bond acceptors (Lipinski definition) is 3. The van der Waals surface area contributed by atoms with Crippen LogP contribution in [0.15, 0.2) is 65.8 Å². The van der Waals surface area contributed by atoms with Gasteiger partial charge in [-0.05, 0) is 29.1 Å². The van der Waals surface area contributed by atoms with Crippen molar-refractivity contribution in [2.24, 2.45) is 5.73 Å². The van der Waals surface area contributed by atoms with E-state index in [1.54, 1.807) is 18.3 Å². The summed E-state index contributed by atoms with van der Waals surface area (Å²) < 4.78 is 13.6. The summed E-state index contributed by atoms with van der Waals surface area (Å²) in [5.74, 6) is 0.430. The molecule has 1 atom stereocenters. The molecule has 1 unspecified atom stereocenters. The number of pyridine rings is 1. The average molecular weight is 298 g/mol. The second-order valence-corrected chi connectivity index (χ2v) is 5.85. The number of benzene rings is 2. The molecule has 106 valence electrons. The van der Waals surface area contributed by atoms with Crippen molar-refractivity contribution in [3.05, 3.63) is 72.3 Å². The molecule has 2 aromatic carbocycles. The number of fused-ring (bicyclic) bond motifs is 1. The molecule has 3 rings (SSSR count). The topological polar surface area (TPSA) is 38.9 Å². The number of thioether (sulfide) groups is 1. The third-order valence-corrected chi connectivity index (χ3v) is 4.54. The molecule has 2 N–H and O–H groups in total. The summed E-state index contributed by atoms with van der Waals surface area (Å²) in [6.07, 6.45) is 3.60. The molecule has 1 aromatic heterocycles. The van der Waals surface area contributed by atoms with Crippen LogP contribution in [0.3, 0.4) is 0 Å². The highest BCUT2D eigenvalue weighted by molar-refractivity contribution is 7.99. The van der Waals surface area contributed by atoms with Crippen LogP contribution in [0.4, 0.5) is 4.39 Å². The zero-order valence-electron chi connectivity index (χ0n) is 11.4. The molecule has 1 heterocycles. The summed E-state index contributed by atoms with van der Waals surface area (Å²) in [6, 6.07) is 14.6. The monoisotopic (exact) mass is 298 g/mol. The van der Waals surface area contributed by atoms with Gasteiger partial charge in [0.1, 0.15) is 5.82 Å². The van der Waals surface area contributed by atoms with Crippen molar-refractivity contribution >= 4 is 22.5 Å². The maximum Gasteiger partial charge on any atom is 0.136 e. The molecule has 0 saturated heterocycles. The molecule has 0 spiro atoms. The first-order valence-electron chi connectivity index (χ1n) is 6.71. The highest BCUT2D eigenvalue weighted by Gasteiger charge is 2.11. The Balaban J connectivity index is 1.81. The summed E-state index contributed by atoms with van der Waals surface area (Å²) in [6.45, 7) is 0. The van der Waals surface area contributed by atoms with E-state index in [9.17, 15) is 4.39 Å². The van der Waals surface area contributed by atoms with Gasteiger partial charge < -0.3 is 5.73 Å². The Kier molecular flexibility index (Phi) is 4.18. The maximum atomic E-state index is 13.6. The van der Waals surface area contributed by atoms with Crippen LogP contribution in [0.25, 0.3) is 10.8 Å². The molecule has 3 aromatic rings. The Hall–Kier alpha value is -1.91. The van der Waals surface area contributed by atoms with Crippen molar-refractivity contribution in [3.8, 4) is 0 Å². The van der Waals surface area contributed by atoms with Crippen molar-refractivity contribution in [1.82, 2.24) is 4.98 Å². The molecule has 0 aliphatic carbocycles. The first-order chi connectivity index (χ1) is 10.3. The first kappa shape index (κ1) is 14.0. The summed E-state index contributed by atoms with van der Waals surface area (Å²) in [5.41, 5.74) is 7.36. The zero-order valence-corrected chi connectivity index (χ0v) is 12.2. The minimum absolute atomic E-state index is 0.152. The van der Waals surface area contributed by atoms with Crippen molar-refractivity contribution in [2.45, 2.75) is 10.9 Å². The molecule has 0 amide bonds. The van der Waals surface area contributed by atoms with Crippen LogP contribution in [0.1, 0.15) is 11.6 Å². The van der Waals surface area contributed by atoms with E-state index in [1.165, 1.54) is 17.8 Å². The summed E-state index contributed by atoms with van der Waals surface area (Å²) in [4.78, 5) is 4.76. The summed E-state index contributed by atoms with van der Waals surface area (Å²) in [7, 11) is 0. The lowest BCUT2D eigenvalue weighted by atomic mass is 10.0. The van der Waals surface area contributed by atoms with Gasteiger partial charge in [-0.15, -0.1) is 11.8 Å². The Morgan fingerprint density at radius 3 is 2.81 bits per heavy atom. The van der Waals surface area contributed by atoms with E-state index in [4.69, 9.17) is 5.73 Å². The lowest BCUT2D eigenvalue weighted by Gasteiger charge is -2.14. The zero-order chi connectivity index (χ0) is 14.7. The average Bonchev–Trinajstić information content (AvgIpc) is 2.53. The fourth-order valence-electron chi connectivity index (χ4n) is 2.30. The van der Waals surface area contributed by atoms with Gasteiger partial charge in [0, 0.05) is 34.5 Å². The molecule has 0 bridgehead atoms. The third kappa shape index (κ3) is 3.06. The van der Waals surface area contributed by atoms with Crippen molar-refractivity contribution in [1.29, 1.82) is 0 Å². The molecular weight excluding hydrogens is 283 g/mol. The highest BCUT2D eigenvalue weighted by Crippen LogP contribution is 2.28. The molecular formula is C17H15FN2S. The minimum atomic E-state index is -0.197. The van der Waals surface area contributed by atoms with Crippen LogP contribution < -0.4 is 5.73 Å². The number of hydrogen-bond donors (Lipinski definition) is 1. The van der Waals surface area contributed by atoms with Gasteiger partial charge in [0.05, 0.1) is 0 Å². The van der Waals surface area contributed by atoms with E-state index in [-0.39, 0.29) is 11.9 Å². The Morgan fingerprint density at radius 2 is 1.95 bits per heavy atom. The molecule has 4 heteroatoms. The number of nitrogens with zero attached hydrogens (tertiary/aromatic N) is 1. The maximum absolute atomic E-state index is 13.6. The predicted molar refractivity (Wildman–Crippen MR) is 85.8 cm³/mol. The SMILES string of the molecule is NC(CSc1ccccc1F)c1cccc2cnccc12. The highest BCUT2D eigenvalue weighted by atomic mass is 32.2. The van der Waals surface area contributed by atoms with Gasteiger partial charge in [-0.3, -0.25) is 4.98 Å². The van der Waals surface area contributed by atoms with E-state index in [0.717, 1.165) is 16.3 Å². The lowest BCUT2D eigenvalue weighted by Crippen LogP contribution is -2.13. The molecule has 0 radical (unpaired) electrons. The fourth-order valence-corrected chi connectivity index (χ4v) is 3.22. The molecule has 21 heavy (non-hydrogen) atoms. The molecule has 0 saturated carbocycles. The number of nitrogens with two attached hydrogens (primary N) is 1. The number of rotatable bonds is 4. The van der Waals surface area contributed by atoms with E-state index in [0.29, 0.717) is 10.6 Å². The fraction of sp³-hybridized carbons (Fsp3) is 0.118. The first-order valence-corrected chi connectivity index (χ1v) is 7.70. The Labute approximate surface area is 127 Å². The van der Waals surface area contributed by atoms with Gasteiger partial charge in [-0.1, -0.05) is 30.3 Å². The van der Waals surface area contributed by atoms with Gasteiger partial charge in [0.2, 0.25) is 0 Å². The molecule has 0 aliphatic heterocycles.